The van der Waals surface area contributed by atoms with Crippen LogP contribution in [0.4, 0.5) is 4.79 Å². The molecule has 6 heteroatoms. The zero-order chi connectivity index (χ0) is 21.8. The molecular weight excluding hydrogens is 412 g/mol. The molecule has 0 bridgehead atoms. The van der Waals surface area contributed by atoms with Crippen LogP contribution in [0.25, 0.3) is 0 Å². The van der Waals surface area contributed by atoms with E-state index in [0.29, 0.717) is 23.2 Å². The third kappa shape index (κ3) is 5.59. The van der Waals surface area contributed by atoms with Crippen LogP contribution in [0.1, 0.15) is 55.6 Å². The number of hydrogen-bond acceptors (Lipinski definition) is 3. The van der Waals surface area contributed by atoms with Crippen LogP contribution in [0, 0.1) is 5.21 Å². The van der Waals surface area contributed by atoms with Crippen LogP contribution in [-0.4, -0.2) is 41.8 Å². The second-order valence-corrected chi connectivity index (χ2v) is 9.49. The van der Waals surface area contributed by atoms with Gasteiger partial charge in [-0.2, -0.15) is 0 Å². The predicted octanol–water partition coefficient (Wildman–Crippen LogP) is 6.11. The molecule has 0 radical (unpaired) electrons. The quantitative estimate of drug-likeness (QED) is 0.415. The van der Waals surface area contributed by atoms with E-state index in [-0.39, 0.29) is 16.8 Å². The number of carbonyl (C=O) groups is 1. The van der Waals surface area contributed by atoms with Crippen LogP contribution >= 0.6 is 11.6 Å². The third-order valence-electron chi connectivity index (χ3n) is 6.85. The van der Waals surface area contributed by atoms with Crippen LogP contribution in [0.3, 0.4) is 0 Å². The first-order valence-electron chi connectivity index (χ1n) is 11.3. The molecule has 1 aliphatic heterocycles. The Kier molecular flexibility index (Phi) is 6.85. The molecule has 1 amide bonds. The molecule has 2 aliphatic rings. The minimum Gasteiger partial charge on any atom is -0.633 e. The number of likely N-dealkylation sites (tertiary alicyclic amines) is 1. The summed E-state index contributed by atoms with van der Waals surface area (Å²) in [6, 6.07) is 15.7. The Labute approximate surface area is 189 Å². The van der Waals surface area contributed by atoms with E-state index >= 15 is 0 Å². The molecule has 0 atom stereocenters. The molecule has 31 heavy (non-hydrogen) atoms. The molecule has 1 saturated carbocycles. The van der Waals surface area contributed by atoms with Crippen molar-refractivity contribution in [3.05, 3.63) is 69.9 Å². The summed E-state index contributed by atoms with van der Waals surface area (Å²) < 4.78 is 5.41. The normalized spacial score (nSPS) is 22.8. The maximum absolute atomic E-state index is 12.6. The number of carbonyl (C=O) groups excluding carboxylic acids is 1. The Morgan fingerprint density at radius 2 is 1.65 bits per heavy atom. The first-order valence-corrected chi connectivity index (χ1v) is 11.7. The van der Waals surface area contributed by atoms with E-state index in [1.54, 1.807) is 29.2 Å². The summed E-state index contributed by atoms with van der Waals surface area (Å²) >= 11 is 5.88. The standard InChI is InChI=1S/C25H31ClN2O3/c1-27(25(29)31-24-14-10-22(26)11-15-24)23-12-8-21(9-13-23)20-6-4-19(5-7-20)18-28(30)16-2-3-17-28/h4-7,10-11,14-15,21,23H,2-3,8-9,12-13,16-18H2,1H3. The second kappa shape index (κ2) is 9.60. The fourth-order valence-electron chi connectivity index (χ4n) is 4.92. The topological polar surface area (TPSA) is 52.6 Å². The molecule has 0 spiro atoms. The maximum Gasteiger partial charge on any atom is 0.415 e. The van der Waals surface area contributed by atoms with Crippen molar-refractivity contribution in [2.45, 2.75) is 57.0 Å². The summed E-state index contributed by atoms with van der Waals surface area (Å²) in [4.78, 5) is 14.2. The van der Waals surface area contributed by atoms with E-state index in [4.69, 9.17) is 16.3 Å². The van der Waals surface area contributed by atoms with Crippen molar-refractivity contribution in [2.75, 3.05) is 20.1 Å². The van der Waals surface area contributed by atoms with E-state index in [2.05, 4.69) is 24.3 Å². The van der Waals surface area contributed by atoms with Crippen molar-refractivity contribution in [1.29, 1.82) is 0 Å². The van der Waals surface area contributed by atoms with Crippen LogP contribution in [0.5, 0.6) is 5.75 Å². The summed E-state index contributed by atoms with van der Waals surface area (Å²) in [7, 11) is 1.82. The van der Waals surface area contributed by atoms with Gasteiger partial charge in [0.25, 0.3) is 0 Å². The molecule has 2 aromatic carbocycles. The van der Waals surface area contributed by atoms with Crippen LogP contribution in [0.15, 0.2) is 48.5 Å². The first kappa shape index (κ1) is 22.1. The SMILES string of the molecule is CN(C(=O)Oc1ccc(Cl)cc1)C1CCC(c2ccc(C[N+]3([O-])CCCC3)cc2)CC1. The van der Waals surface area contributed by atoms with Crippen molar-refractivity contribution in [2.24, 2.45) is 0 Å². The Morgan fingerprint density at radius 1 is 1.03 bits per heavy atom. The second-order valence-electron chi connectivity index (χ2n) is 9.05. The molecule has 4 rings (SSSR count). The summed E-state index contributed by atoms with van der Waals surface area (Å²) in [5.74, 6) is 1.01. The first-order chi connectivity index (χ1) is 14.9. The van der Waals surface area contributed by atoms with Crippen molar-refractivity contribution >= 4 is 17.7 Å². The van der Waals surface area contributed by atoms with Crippen LogP contribution in [0.2, 0.25) is 5.02 Å². The number of nitrogens with zero attached hydrogens (tertiary/aromatic N) is 2. The van der Waals surface area contributed by atoms with Gasteiger partial charge in [-0.1, -0.05) is 35.9 Å². The third-order valence-corrected chi connectivity index (χ3v) is 7.11. The van der Waals surface area contributed by atoms with Gasteiger partial charge in [0.1, 0.15) is 12.3 Å². The maximum atomic E-state index is 12.6. The highest BCUT2D eigenvalue weighted by Crippen LogP contribution is 2.35. The van der Waals surface area contributed by atoms with Gasteiger partial charge in [0.15, 0.2) is 0 Å². The number of hydrogen-bond donors (Lipinski definition) is 0. The van der Waals surface area contributed by atoms with Crippen LogP contribution in [-0.2, 0) is 6.54 Å². The van der Waals surface area contributed by atoms with Crippen molar-refractivity contribution in [3.8, 4) is 5.75 Å². The van der Waals surface area contributed by atoms with Crippen molar-refractivity contribution in [3.63, 3.8) is 0 Å². The minimum absolute atomic E-state index is 0.0666. The van der Waals surface area contributed by atoms with Gasteiger partial charge in [-0.05, 0) is 61.4 Å². The lowest BCUT2D eigenvalue weighted by Crippen LogP contribution is -2.40. The van der Waals surface area contributed by atoms with Gasteiger partial charge in [-0.15, -0.1) is 0 Å². The molecule has 2 fully saturated rings. The van der Waals surface area contributed by atoms with Gasteiger partial charge in [0, 0.05) is 36.5 Å². The highest BCUT2D eigenvalue weighted by Gasteiger charge is 2.28. The average Bonchev–Trinajstić information content (AvgIpc) is 3.21. The largest absolute Gasteiger partial charge is 0.633 e. The van der Waals surface area contributed by atoms with E-state index in [1.165, 1.54) is 5.56 Å². The van der Waals surface area contributed by atoms with Gasteiger partial charge in [0.2, 0.25) is 0 Å². The Morgan fingerprint density at radius 3 is 2.26 bits per heavy atom. The highest BCUT2D eigenvalue weighted by molar-refractivity contribution is 6.30. The van der Waals surface area contributed by atoms with Crippen molar-refractivity contribution < 1.29 is 14.2 Å². The van der Waals surface area contributed by atoms with Gasteiger partial charge >= 0.3 is 6.09 Å². The molecule has 166 valence electrons. The van der Waals surface area contributed by atoms with Gasteiger partial charge in [-0.3, -0.25) is 0 Å². The number of hydroxylamine groups is 3. The number of amides is 1. The Hall–Kier alpha value is -2.08. The van der Waals surface area contributed by atoms with Gasteiger partial charge < -0.3 is 19.5 Å². The van der Waals surface area contributed by atoms with Crippen molar-refractivity contribution in [1.82, 2.24) is 4.90 Å². The van der Waals surface area contributed by atoms with Crippen LogP contribution < -0.4 is 4.74 Å². The fraction of sp³-hybridized carbons (Fsp3) is 0.480. The molecule has 0 unspecified atom stereocenters. The van der Waals surface area contributed by atoms with E-state index in [1.807, 2.05) is 7.05 Å². The Bertz CT molecular complexity index is 871. The molecule has 0 N–H and O–H groups in total. The summed E-state index contributed by atoms with van der Waals surface area (Å²) in [6.07, 6.45) is 5.78. The summed E-state index contributed by atoms with van der Waals surface area (Å²) in [5, 5.41) is 13.2. The van der Waals surface area contributed by atoms with E-state index in [0.717, 1.165) is 57.2 Å². The molecule has 2 aromatic rings. The molecular formula is C25H31ClN2O3. The highest BCUT2D eigenvalue weighted by atomic mass is 35.5. The lowest BCUT2D eigenvalue weighted by molar-refractivity contribution is -0.881. The number of rotatable bonds is 5. The lowest BCUT2D eigenvalue weighted by Gasteiger charge is -2.38. The Balaban J connectivity index is 1.27. The minimum atomic E-state index is -0.327. The van der Waals surface area contributed by atoms with Gasteiger partial charge in [0.05, 0.1) is 13.1 Å². The average molecular weight is 443 g/mol. The molecule has 0 aromatic heterocycles. The van der Waals surface area contributed by atoms with E-state index < -0.39 is 0 Å². The zero-order valence-electron chi connectivity index (χ0n) is 18.1. The number of quaternary nitrogens is 1. The molecule has 1 heterocycles. The molecule has 5 nitrogen and oxygen atoms in total. The summed E-state index contributed by atoms with van der Waals surface area (Å²) in [5.41, 5.74) is 2.48. The smallest absolute Gasteiger partial charge is 0.415 e. The monoisotopic (exact) mass is 442 g/mol. The fourth-order valence-corrected chi connectivity index (χ4v) is 5.04. The number of benzene rings is 2. The molecule has 1 aliphatic carbocycles. The van der Waals surface area contributed by atoms with E-state index in [9.17, 15) is 10.0 Å². The number of halogens is 1. The zero-order valence-corrected chi connectivity index (χ0v) is 18.9. The summed E-state index contributed by atoms with van der Waals surface area (Å²) in [6.45, 7) is 2.09. The number of ether oxygens (including phenoxy) is 1. The van der Waals surface area contributed by atoms with Gasteiger partial charge in [-0.25, -0.2) is 4.79 Å². The predicted molar refractivity (Wildman–Crippen MR) is 123 cm³/mol. The molecule has 1 saturated heterocycles. The lowest BCUT2D eigenvalue weighted by atomic mass is 9.81.